The van der Waals surface area contributed by atoms with E-state index in [4.69, 9.17) is 28.5 Å². The molecule has 2 aromatic rings. The molecular weight excluding hydrogens is 279 g/mol. The molecule has 0 aliphatic rings. The zero-order valence-corrected chi connectivity index (χ0v) is 11.7. The van der Waals surface area contributed by atoms with Crippen molar-refractivity contribution in [1.29, 1.82) is 5.26 Å². The summed E-state index contributed by atoms with van der Waals surface area (Å²) in [4.78, 5) is 0. The van der Waals surface area contributed by atoms with Crippen LogP contribution >= 0.6 is 23.2 Å². The van der Waals surface area contributed by atoms with Gasteiger partial charge in [0.2, 0.25) is 0 Å². The van der Waals surface area contributed by atoms with E-state index in [1.807, 2.05) is 30.3 Å². The number of benzene rings is 2. The molecule has 96 valence electrons. The highest BCUT2D eigenvalue weighted by Gasteiger charge is 2.02. The maximum Gasteiger partial charge on any atom is 0.0992 e. The zero-order chi connectivity index (χ0) is 13.7. The smallest absolute Gasteiger partial charge is 0.0992 e. The highest BCUT2D eigenvalue weighted by Crippen LogP contribution is 2.17. The Kier molecular flexibility index (Phi) is 4.81. The summed E-state index contributed by atoms with van der Waals surface area (Å²) in [6, 6.07) is 15.1. The molecule has 0 spiro atoms. The van der Waals surface area contributed by atoms with Crippen LogP contribution in [0.2, 0.25) is 10.0 Å². The lowest BCUT2D eigenvalue weighted by atomic mass is 10.1. The van der Waals surface area contributed by atoms with Crippen molar-refractivity contribution >= 4 is 23.2 Å². The first-order chi connectivity index (χ1) is 9.19. The Morgan fingerprint density at radius 3 is 2.58 bits per heavy atom. The summed E-state index contributed by atoms with van der Waals surface area (Å²) in [5.74, 6) is 0. The molecular formula is C15H12Cl2N2. The van der Waals surface area contributed by atoms with Gasteiger partial charge in [-0.1, -0.05) is 41.4 Å². The van der Waals surface area contributed by atoms with E-state index in [1.165, 1.54) is 0 Å². The standard InChI is InChI=1S/C15H12Cl2N2/c16-14-3-1-2-12(6-14)9-19-10-13-5-4-11(8-18)7-15(13)17/h1-7,19H,9-10H2. The molecule has 0 bridgehead atoms. The first-order valence-corrected chi connectivity index (χ1v) is 6.58. The van der Waals surface area contributed by atoms with E-state index in [9.17, 15) is 0 Å². The Bertz CT molecular complexity index is 618. The van der Waals surface area contributed by atoms with Crippen LogP contribution in [0.5, 0.6) is 0 Å². The van der Waals surface area contributed by atoms with Crippen LogP contribution in [-0.4, -0.2) is 0 Å². The summed E-state index contributed by atoms with van der Waals surface area (Å²) >= 11 is 12.0. The van der Waals surface area contributed by atoms with E-state index in [2.05, 4.69) is 11.4 Å². The Hall–Kier alpha value is -1.53. The number of nitrogens with zero attached hydrogens (tertiary/aromatic N) is 1. The van der Waals surface area contributed by atoms with Gasteiger partial charge < -0.3 is 5.32 Å². The predicted molar refractivity (Wildman–Crippen MR) is 78.2 cm³/mol. The van der Waals surface area contributed by atoms with Crippen molar-refractivity contribution in [2.45, 2.75) is 13.1 Å². The van der Waals surface area contributed by atoms with Crippen LogP contribution < -0.4 is 5.32 Å². The monoisotopic (exact) mass is 290 g/mol. The minimum Gasteiger partial charge on any atom is -0.309 e. The molecule has 1 N–H and O–H groups in total. The third kappa shape index (κ3) is 3.97. The van der Waals surface area contributed by atoms with Crippen LogP contribution in [0.1, 0.15) is 16.7 Å². The molecule has 0 saturated heterocycles. The minimum absolute atomic E-state index is 0.573. The van der Waals surface area contributed by atoms with Gasteiger partial charge in [-0.05, 0) is 35.4 Å². The molecule has 0 amide bonds. The number of hydrogen-bond acceptors (Lipinski definition) is 2. The van der Waals surface area contributed by atoms with Crippen LogP contribution in [0, 0.1) is 11.3 Å². The molecule has 0 saturated carbocycles. The maximum absolute atomic E-state index is 8.77. The number of hydrogen-bond donors (Lipinski definition) is 1. The molecule has 0 heterocycles. The van der Waals surface area contributed by atoms with Crippen molar-refractivity contribution in [2.75, 3.05) is 0 Å². The lowest BCUT2D eigenvalue weighted by Crippen LogP contribution is -2.12. The van der Waals surface area contributed by atoms with E-state index in [-0.39, 0.29) is 0 Å². The quantitative estimate of drug-likeness (QED) is 0.918. The Balaban J connectivity index is 1.94. The summed E-state index contributed by atoms with van der Waals surface area (Å²) in [5.41, 5.74) is 2.67. The van der Waals surface area contributed by atoms with Gasteiger partial charge in [-0.25, -0.2) is 0 Å². The number of halogens is 2. The summed E-state index contributed by atoms with van der Waals surface area (Å²) in [6.45, 7) is 1.37. The van der Waals surface area contributed by atoms with E-state index in [1.54, 1.807) is 12.1 Å². The highest BCUT2D eigenvalue weighted by molar-refractivity contribution is 6.31. The van der Waals surface area contributed by atoms with Crippen molar-refractivity contribution in [3.8, 4) is 6.07 Å². The van der Waals surface area contributed by atoms with Crippen molar-refractivity contribution in [3.05, 3.63) is 69.2 Å². The van der Waals surface area contributed by atoms with Crippen LogP contribution in [0.4, 0.5) is 0 Å². The third-order valence-corrected chi connectivity index (χ3v) is 3.30. The van der Waals surface area contributed by atoms with Crippen molar-refractivity contribution in [2.24, 2.45) is 0 Å². The summed E-state index contributed by atoms with van der Waals surface area (Å²) < 4.78 is 0. The molecule has 0 aromatic heterocycles. The van der Waals surface area contributed by atoms with Crippen molar-refractivity contribution < 1.29 is 0 Å². The molecule has 2 aromatic carbocycles. The van der Waals surface area contributed by atoms with Crippen LogP contribution in [-0.2, 0) is 13.1 Å². The first-order valence-electron chi connectivity index (χ1n) is 5.83. The summed E-state index contributed by atoms with van der Waals surface area (Å²) in [7, 11) is 0. The van der Waals surface area contributed by atoms with E-state index < -0.39 is 0 Å². The Morgan fingerprint density at radius 1 is 1.05 bits per heavy atom. The molecule has 19 heavy (non-hydrogen) atoms. The van der Waals surface area contributed by atoms with Gasteiger partial charge in [-0.15, -0.1) is 0 Å². The van der Waals surface area contributed by atoms with Gasteiger partial charge in [0.1, 0.15) is 0 Å². The van der Waals surface area contributed by atoms with Gasteiger partial charge in [-0.2, -0.15) is 5.26 Å². The lowest BCUT2D eigenvalue weighted by Gasteiger charge is -2.07. The molecule has 0 aliphatic carbocycles. The first kappa shape index (κ1) is 13.9. The number of rotatable bonds is 4. The molecule has 0 atom stereocenters. The second-order valence-corrected chi connectivity index (χ2v) is 5.00. The van der Waals surface area contributed by atoms with Crippen molar-refractivity contribution in [1.82, 2.24) is 5.32 Å². The molecule has 4 heteroatoms. The van der Waals surface area contributed by atoms with E-state index >= 15 is 0 Å². The van der Waals surface area contributed by atoms with Gasteiger partial charge in [0.25, 0.3) is 0 Å². The topological polar surface area (TPSA) is 35.8 Å². The van der Waals surface area contributed by atoms with Gasteiger partial charge in [0, 0.05) is 23.1 Å². The molecule has 0 aliphatic heterocycles. The molecule has 0 fully saturated rings. The fourth-order valence-corrected chi connectivity index (χ4v) is 2.21. The fourth-order valence-electron chi connectivity index (χ4n) is 1.75. The highest BCUT2D eigenvalue weighted by atomic mass is 35.5. The molecule has 2 rings (SSSR count). The van der Waals surface area contributed by atoms with Crippen LogP contribution in [0.15, 0.2) is 42.5 Å². The number of nitriles is 1. The minimum atomic E-state index is 0.573. The van der Waals surface area contributed by atoms with Crippen molar-refractivity contribution in [3.63, 3.8) is 0 Å². The second kappa shape index (κ2) is 6.58. The van der Waals surface area contributed by atoms with E-state index in [0.717, 1.165) is 22.7 Å². The van der Waals surface area contributed by atoms with Gasteiger partial charge in [0.05, 0.1) is 11.6 Å². The summed E-state index contributed by atoms with van der Waals surface area (Å²) in [6.07, 6.45) is 0. The second-order valence-electron chi connectivity index (χ2n) is 4.15. The SMILES string of the molecule is N#Cc1ccc(CNCc2cccc(Cl)c2)c(Cl)c1. The lowest BCUT2D eigenvalue weighted by molar-refractivity contribution is 0.693. The van der Waals surface area contributed by atoms with Gasteiger partial charge in [-0.3, -0.25) is 0 Å². The van der Waals surface area contributed by atoms with Gasteiger partial charge >= 0.3 is 0 Å². The number of nitrogens with one attached hydrogen (secondary N) is 1. The third-order valence-electron chi connectivity index (χ3n) is 2.72. The Morgan fingerprint density at radius 2 is 1.89 bits per heavy atom. The normalized spacial score (nSPS) is 10.2. The maximum atomic E-state index is 8.77. The van der Waals surface area contributed by atoms with Crippen LogP contribution in [0.3, 0.4) is 0 Å². The average Bonchev–Trinajstić information content (AvgIpc) is 2.40. The Labute approximate surface area is 122 Å². The molecule has 2 nitrogen and oxygen atoms in total. The fraction of sp³-hybridized carbons (Fsp3) is 0.133. The largest absolute Gasteiger partial charge is 0.309 e. The average molecular weight is 291 g/mol. The predicted octanol–water partition coefficient (Wildman–Crippen LogP) is 4.15. The molecule has 0 unspecified atom stereocenters. The van der Waals surface area contributed by atoms with Crippen LogP contribution in [0.25, 0.3) is 0 Å². The zero-order valence-electron chi connectivity index (χ0n) is 10.2. The molecule has 0 radical (unpaired) electrons. The van der Waals surface area contributed by atoms with Gasteiger partial charge in [0.15, 0.2) is 0 Å². The van der Waals surface area contributed by atoms with E-state index in [0.29, 0.717) is 17.1 Å². The summed E-state index contributed by atoms with van der Waals surface area (Å²) in [5, 5.41) is 13.4.